The summed E-state index contributed by atoms with van der Waals surface area (Å²) in [5.41, 5.74) is 5.53. The maximum absolute atomic E-state index is 12.1. The van der Waals surface area contributed by atoms with Crippen molar-refractivity contribution in [2.24, 2.45) is 5.73 Å². The molecule has 9 heteroatoms. The monoisotopic (exact) mass is 329 g/mol. The number of amides is 1. The van der Waals surface area contributed by atoms with Gasteiger partial charge in [-0.2, -0.15) is 0 Å². The maximum atomic E-state index is 12.1. The van der Waals surface area contributed by atoms with E-state index in [1.807, 2.05) is 0 Å². The summed E-state index contributed by atoms with van der Waals surface area (Å²) in [7, 11) is 0. The van der Waals surface area contributed by atoms with Crippen LogP contribution in [0.15, 0.2) is 5.38 Å². The Morgan fingerprint density at radius 2 is 1.86 bits per heavy atom. The molecule has 0 aliphatic carbocycles. The second kappa shape index (κ2) is 9.11. The number of hydrogen-bond acceptors (Lipinski definition) is 8. The van der Waals surface area contributed by atoms with Crippen LogP contribution in [0.5, 0.6) is 0 Å². The lowest BCUT2D eigenvalue weighted by Gasteiger charge is -2.15. The van der Waals surface area contributed by atoms with Crippen molar-refractivity contribution in [1.82, 2.24) is 10.3 Å². The van der Waals surface area contributed by atoms with Crippen LogP contribution in [0.25, 0.3) is 0 Å². The zero-order chi connectivity index (χ0) is 16.5. The van der Waals surface area contributed by atoms with E-state index in [-0.39, 0.29) is 18.9 Å². The van der Waals surface area contributed by atoms with E-state index < -0.39 is 23.9 Å². The van der Waals surface area contributed by atoms with Crippen molar-refractivity contribution in [3.8, 4) is 0 Å². The second-order valence-corrected chi connectivity index (χ2v) is 5.02. The van der Waals surface area contributed by atoms with E-state index in [9.17, 15) is 14.4 Å². The quantitative estimate of drug-likeness (QED) is 0.503. The third-order valence-electron chi connectivity index (χ3n) is 2.46. The Balaban J connectivity index is 2.80. The molecule has 0 saturated carbocycles. The average molecular weight is 329 g/mol. The van der Waals surface area contributed by atoms with Crippen LogP contribution < -0.4 is 11.1 Å². The molecule has 0 atom stereocenters. The average Bonchev–Trinajstić information content (AvgIpc) is 2.94. The summed E-state index contributed by atoms with van der Waals surface area (Å²) < 4.78 is 9.53. The van der Waals surface area contributed by atoms with Gasteiger partial charge < -0.3 is 20.5 Å². The van der Waals surface area contributed by atoms with Gasteiger partial charge in [-0.15, -0.1) is 11.3 Å². The highest BCUT2D eigenvalue weighted by molar-refractivity contribution is 7.09. The SMILES string of the molecule is CCOC(=O)C(NC(=O)c1csc(CCN)n1)C(=O)OCC. The molecule has 1 rings (SSSR count). The van der Waals surface area contributed by atoms with Gasteiger partial charge >= 0.3 is 11.9 Å². The number of aromatic nitrogens is 1. The van der Waals surface area contributed by atoms with Crippen molar-refractivity contribution < 1.29 is 23.9 Å². The zero-order valence-electron chi connectivity index (χ0n) is 12.5. The van der Waals surface area contributed by atoms with Crippen molar-refractivity contribution in [3.63, 3.8) is 0 Å². The first-order valence-corrected chi connectivity index (χ1v) is 7.70. The van der Waals surface area contributed by atoms with Crippen LogP contribution in [0, 0.1) is 0 Å². The van der Waals surface area contributed by atoms with Crippen LogP contribution in [0.3, 0.4) is 0 Å². The maximum Gasteiger partial charge on any atom is 0.340 e. The molecule has 0 fully saturated rings. The Morgan fingerprint density at radius 3 is 2.36 bits per heavy atom. The highest BCUT2D eigenvalue weighted by Crippen LogP contribution is 2.10. The van der Waals surface area contributed by atoms with Crippen molar-refractivity contribution in [2.75, 3.05) is 19.8 Å². The third-order valence-corrected chi connectivity index (χ3v) is 3.37. The molecule has 0 radical (unpaired) electrons. The number of thiazole rings is 1. The summed E-state index contributed by atoms with van der Waals surface area (Å²) in [6.07, 6.45) is 0.553. The van der Waals surface area contributed by atoms with Gasteiger partial charge in [0.25, 0.3) is 5.91 Å². The predicted octanol–water partition coefficient (Wildman–Crippen LogP) is -0.131. The molecule has 0 bridgehead atoms. The Morgan fingerprint density at radius 1 is 1.27 bits per heavy atom. The van der Waals surface area contributed by atoms with Crippen molar-refractivity contribution in [2.45, 2.75) is 26.3 Å². The standard InChI is InChI=1S/C13H19N3O5S/c1-3-20-12(18)10(13(19)21-4-2)16-11(17)8-7-22-9(15-8)5-6-14/h7,10H,3-6,14H2,1-2H3,(H,16,17). The van der Waals surface area contributed by atoms with E-state index in [4.69, 9.17) is 15.2 Å². The lowest BCUT2D eigenvalue weighted by atomic mass is 10.3. The van der Waals surface area contributed by atoms with E-state index in [0.717, 1.165) is 0 Å². The summed E-state index contributed by atoms with van der Waals surface area (Å²) in [5.74, 6) is -2.39. The third kappa shape index (κ3) is 5.08. The van der Waals surface area contributed by atoms with Gasteiger partial charge in [0.15, 0.2) is 0 Å². The fourth-order valence-electron chi connectivity index (χ4n) is 1.52. The summed E-state index contributed by atoms with van der Waals surface area (Å²) >= 11 is 1.28. The van der Waals surface area contributed by atoms with Gasteiger partial charge in [-0.1, -0.05) is 0 Å². The molecule has 0 spiro atoms. The molecule has 122 valence electrons. The fraction of sp³-hybridized carbons (Fsp3) is 0.538. The molecule has 1 heterocycles. The van der Waals surface area contributed by atoms with Crippen LogP contribution in [0.1, 0.15) is 29.3 Å². The van der Waals surface area contributed by atoms with E-state index in [1.165, 1.54) is 16.7 Å². The molecule has 1 aromatic rings. The molecule has 0 aliphatic heterocycles. The topological polar surface area (TPSA) is 121 Å². The van der Waals surface area contributed by atoms with Gasteiger partial charge in [0.05, 0.1) is 18.2 Å². The second-order valence-electron chi connectivity index (χ2n) is 4.08. The minimum absolute atomic E-state index is 0.0853. The number of ether oxygens (including phenoxy) is 2. The molecule has 8 nitrogen and oxygen atoms in total. The van der Waals surface area contributed by atoms with Crippen LogP contribution in [-0.4, -0.2) is 48.6 Å². The van der Waals surface area contributed by atoms with Crippen LogP contribution in [0.4, 0.5) is 0 Å². The molecule has 1 aromatic heterocycles. The molecule has 1 amide bonds. The first-order valence-electron chi connectivity index (χ1n) is 6.82. The number of nitrogens with zero attached hydrogens (tertiary/aromatic N) is 1. The van der Waals surface area contributed by atoms with E-state index in [0.29, 0.717) is 18.0 Å². The largest absolute Gasteiger partial charge is 0.464 e. The Hall–Kier alpha value is -2.00. The first kappa shape index (κ1) is 18.1. The van der Waals surface area contributed by atoms with E-state index in [1.54, 1.807) is 13.8 Å². The molecule has 0 unspecified atom stereocenters. The minimum atomic E-state index is -1.51. The van der Waals surface area contributed by atoms with Gasteiger partial charge in [-0.3, -0.25) is 4.79 Å². The lowest BCUT2D eigenvalue weighted by molar-refractivity contribution is -0.157. The Bertz CT molecular complexity index is 514. The van der Waals surface area contributed by atoms with Crippen LogP contribution >= 0.6 is 11.3 Å². The number of carbonyl (C=O) groups excluding carboxylic acids is 3. The fourth-order valence-corrected chi connectivity index (χ4v) is 2.32. The minimum Gasteiger partial charge on any atom is -0.464 e. The molecule has 0 aliphatic rings. The van der Waals surface area contributed by atoms with Crippen molar-refractivity contribution in [3.05, 3.63) is 16.1 Å². The van der Waals surface area contributed by atoms with Crippen molar-refractivity contribution in [1.29, 1.82) is 0 Å². The molecule has 0 saturated heterocycles. The highest BCUT2D eigenvalue weighted by Gasteiger charge is 2.32. The zero-order valence-corrected chi connectivity index (χ0v) is 13.3. The molecular formula is C13H19N3O5S. The number of nitrogens with one attached hydrogen (secondary N) is 1. The lowest BCUT2D eigenvalue weighted by Crippen LogP contribution is -2.48. The Labute approximate surface area is 132 Å². The first-order chi connectivity index (χ1) is 10.5. The molecule has 3 N–H and O–H groups in total. The highest BCUT2D eigenvalue weighted by atomic mass is 32.1. The summed E-state index contributed by atoms with van der Waals surface area (Å²) in [5, 5.41) is 4.52. The number of esters is 2. The van der Waals surface area contributed by atoms with E-state index >= 15 is 0 Å². The number of carbonyl (C=O) groups is 3. The predicted molar refractivity (Wildman–Crippen MR) is 79.4 cm³/mol. The number of hydrogen-bond donors (Lipinski definition) is 2. The van der Waals surface area contributed by atoms with Gasteiger partial charge in [0.2, 0.25) is 6.04 Å². The van der Waals surface area contributed by atoms with Crippen LogP contribution in [0.2, 0.25) is 0 Å². The summed E-state index contributed by atoms with van der Waals surface area (Å²) in [6.45, 7) is 3.79. The molecular weight excluding hydrogens is 310 g/mol. The van der Waals surface area contributed by atoms with Gasteiger partial charge in [0.1, 0.15) is 5.69 Å². The van der Waals surface area contributed by atoms with Crippen LogP contribution in [-0.2, 0) is 25.5 Å². The normalized spacial score (nSPS) is 10.4. The summed E-state index contributed by atoms with van der Waals surface area (Å²) in [6, 6.07) is -1.51. The molecule has 0 aromatic carbocycles. The van der Waals surface area contributed by atoms with E-state index in [2.05, 4.69) is 10.3 Å². The smallest absolute Gasteiger partial charge is 0.340 e. The summed E-state index contributed by atoms with van der Waals surface area (Å²) in [4.78, 5) is 39.7. The van der Waals surface area contributed by atoms with Gasteiger partial charge in [-0.25, -0.2) is 14.6 Å². The Kier molecular flexibility index (Phi) is 7.47. The number of nitrogens with two attached hydrogens (primary N) is 1. The van der Waals surface area contributed by atoms with Gasteiger partial charge in [-0.05, 0) is 20.4 Å². The van der Waals surface area contributed by atoms with Crippen molar-refractivity contribution >= 4 is 29.2 Å². The number of rotatable bonds is 8. The van der Waals surface area contributed by atoms with Gasteiger partial charge in [0, 0.05) is 11.8 Å². The molecule has 22 heavy (non-hydrogen) atoms.